The standard InChI is InChI=1S/C6H12Cl2N2/c1-2-6(7)5-9-3-4-10(6)8/h9H,2-5H2,1H3/t6-/m0/s1. The molecular formula is C6H12Cl2N2. The SMILES string of the molecule is CC[C@@]1(Cl)CNCCN1Cl. The average molecular weight is 183 g/mol. The van der Waals surface area contributed by atoms with Gasteiger partial charge in [-0.25, -0.2) is 0 Å². The summed E-state index contributed by atoms with van der Waals surface area (Å²) in [6.45, 7) is 4.56. The molecule has 1 saturated heterocycles. The molecule has 1 N–H and O–H groups in total. The molecule has 0 aromatic heterocycles. The largest absolute Gasteiger partial charge is 0.312 e. The Hall–Kier alpha value is 0.500. The molecule has 0 radical (unpaired) electrons. The van der Waals surface area contributed by atoms with Crippen LogP contribution in [0.1, 0.15) is 13.3 Å². The summed E-state index contributed by atoms with van der Waals surface area (Å²) < 4.78 is 1.69. The first-order valence-corrected chi connectivity index (χ1v) is 4.24. The predicted octanol–water partition coefficient (Wildman–Crippen LogP) is 1.39. The highest BCUT2D eigenvalue weighted by atomic mass is 35.5. The molecule has 2 nitrogen and oxygen atoms in total. The van der Waals surface area contributed by atoms with Crippen LogP contribution in [0.5, 0.6) is 0 Å². The average Bonchev–Trinajstić information content (AvgIpc) is 1.96. The Bertz CT molecular complexity index is 120. The first-order chi connectivity index (χ1) is 4.69. The van der Waals surface area contributed by atoms with E-state index in [9.17, 15) is 0 Å². The highest BCUT2D eigenvalue weighted by Gasteiger charge is 2.33. The summed E-state index contributed by atoms with van der Waals surface area (Å²) in [4.78, 5) is -0.361. The number of rotatable bonds is 1. The van der Waals surface area contributed by atoms with Crippen molar-refractivity contribution in [2.24, 2.45) is 0 Å². The minimum absolute atomic E-state index is 0.361. The monoisotopic (exact) mass is 182 g/mol. The topological polar surface area (TPSA) is 15.3 Å². The van der Waals surface area contributed by atoms with Crippen molar-refractivity contribution in [3.05, 3.63) is 0 Å². The van der Waals surface area contributed by atoms with E-state index in [0.29, 0.717) is 0 Å². The molecule has 0 amide bonds. The van der Waals surface area contributed by atoms with Crippen molar-refractivity contribution in [3.8, 4) is 0 Å². The highest BCUT2D eigenvalue weighted by Crippen LogP contribution is 2.27. The number of piperazine rings is 1. The molecule has 4 heteroatoms. The predicted molar refractivity (Wildman–Crippen MR) is 44.3 cm³/mol. The van der Waals surface area contributed by atoms with Crippen molar-refractivity contribution in [2.45, 2.75) is 18.3 Å². The number of nitrogens with one attached hydrogen (secondary N) is 1. The van der Waals surface area contributed by atoms with Crippen LogP contribution in [0.4, 0.5) is 0 Å². The van der Waals surface area contributed by atoms with Crippen LogP contribution in [-0.2, 0) is 0 Å². The fourth-order valence-corrected chi connectivity index (χ4v) is 1.48. The Morgan fingerprint density at radius 2 is 2.40 bits per heavy atom. The van der Waals surface area contributed by atoms with Gasteiger partial charge in [0, 0.05) is 19.6 Å². The highest BCUT2D eigenvalue weighted by molar-refractivity contribution is 6.28. The minimum Gasteiger partial charge on any atom is -0.312 e. The molecular weight excluding hydrogens is 171 g/mol. The second-order valence-corrected chi connectivity index (χ2v) is 3.65. The van der Waals surface area contributed by atoms with Gasteiger partial charge in [-0.2, -0.15) is 4.42 Å². The summed E-state index contributed by atoms with van der Waals surface area (Å²) >= 11 is 12.0. The summed E-state index contributed by atoms with van der Waals surface area (Å²) in [5.41, 5.74) is 0. The summed E-state index contributed by atoms with van der Waals surface area (Å²) in [5.74, 6) is 0. The van der Waals surface area contributed by atoms with E-state index in [1.807, 2.05) is 6.92 Å². The van der Waals surface area contributed by atoms with E-state index in [1.165, 1.54) is 0 Å². The summed E-state index contributed by atoms with van der Waals surface area (Å²) in [7, 11) is 0. The summed E-state index contributed by atoms with van der Waals surface area (Å²) in [5, 5.41) is 3.20. The third-order valence-electron chi connectivity index (χ3n) is 1.86. The van der Waals surface area contributed by atoms with Crippen molar-refractivity contribution >= 4 is 23.4 Å². The van der Waals surface area contributed by atoms with Crippen LogP contribution in [0, 0.1) is 0 Å². The number of hydrogen-bond acceptors (Lipinski definition) is 2. The molecule has 0 aromatic carbocycles. The first kappa shape index (κ1) is 8.60. The molecule has 0 spiro atoms. The Balaban J connectivity index is 2.54. The van der Waals surface area contributed by atoms with E-state index in [2.05, 4.69) is 5.32 Å². The normalized spacial score (nSPS) is 36.3. The van der Waals surface area contributed by atoms with Crippen LogP contribution < -0.4 is 5.32 Å². The quantitative estimate of drug-likeness (QED) is 0.375. The van der Waals surface area contributed by atoms with E-state index < -0.39 is 0 Å². The van der Waals surface area contributed by atoms with E-state index in [4.69, 9.17) is 23.4 Å². The zero-order valence-corrected chi connectivity index (χ0v) is 7.54. The van der Waals surface area contributed by atoms with E-state index in [0.717, 1.165) is 26.1 Å². The summed E-state index contributed by atoms with van der Waals surface area (Å²) in [6, 6.07) is 0. The van der Waals surface area contributed by atoms with Gasteiger partial charge in [0.15, 0.2) is 0 Å². The Morgan fingerprint density at radius 1 is 1.70 bits per heavy atom. The van der Waals surface area contributed by atoms with Crippen LogP contribution in [-0.4, -0.2) is 29.1 Å². The lowest BCUT2D eigenvalue weighted by Crippen LogP contribution is -2.53. The molecule has 1 fully saturated rings. The zero-order chi connectivity index (χ0) is 7.61. The third-order valence-corrected chi connectivity index (χ3v) is 3.04. The van der Waals surface area contributed by atoms with E-state index >= 15 is 0 Å². The maximum absolute atomic E-state index is 6.14. The molecule has 1 aliphatic heterocycles. The van der Waals surface area contributed by atoms with Crippen LogP contribution in [0.2, 0.25) is 0 Å². The van der Waals surface area contributed by atoms with Crippen LogP contribution in [0.15, 0.2) is 0 Å². The maximum Gasteiger partial charge on any atom is 0.122 e. The van der Waals surface area contributed by atoms with Crippen molar-refractivity contribution in [3.63, 3.8) is 0 Å². The van der Waals surface area contributed by atoms with Gasteiger partial charge in [0.2, 0.25) is 0 Å². The molecule has 0 saturated carbocycles. The number of hydrogen-bond donors (Lipinski definition) is 1. The van der Waals surface area contributed by atoms with Gasteiger partial charge in [-0.05, 0) is 18.2 Å². The molecule has 1 heterocycles. The molecule has 0 aromatic rings. The van der Waals surface area contributed by atoms with Crippen molar-refractivity contribution in [1.29, 1.82) is 0 Å². The second kappa shape index (κ2) is 3.26. The van der Waals surface area contributed by atoms with Crippen LogP contribution in [0.3, 0.4) is 0 Å². The lowest BCUT2D eigenvalue weighted by atomic mass is 10.2. The molecule has 0 bridgehead atoms. The molecule has 1 aliphatic rings. The fourth-order valence-electron chi connectivity index (χ4n) is 1.04. The number of alkyl halides is 1. The minimum atomic E-state index is -0.361. The third kappa shape index (κ3) is 1.56. The van der Waals surface area contributed by atoms with E-state index in [-0.39, 0.29) is 5.00 Å². The second-order valence-electron chi connectivity index (χ2n) is 2.53. The molecule has 60 valence electrons. The van der Waals surface area contributed by atoms with Crippen molar-refractivity contribution in [2.75, 3.05) is 19.6 Å². The zero-order valence-electron chi connectivity index (χ0n) is 6.03. The van der Waals surface area contributed by atoms with Crippen LogP contribution >= 0.6 is 23.4 Å². The van der Waals surface area contributed by atoms with Gasteiger partial charge in [-0.1, -0.05) is 18.5 Å². The van der Waals surface area contributed by atoms with Crippen molar-refractivity contribution < 1.29 is 0 Å². The van der Waals surface area contributed by atoms with Crippen molar-refractivity contribution in [1.82, 2.24) is 9.74 Å². The first-order valence-electron chi connectivity index (χ1n) is 3.52. The fraction of sp³-hybridized carbons (Fsp3) is 1.00. The van der Waals surface area contributed by atoms with Gasteiger partial charge in [0.05, 0.1) is 0 Å². The molecule has 10 heavy (non-hydrogen) atoms. The smallest absolute Gasteiger partial charge is 0.122 e. The lowest BCUT2D eigenvalue weighted by Gasteiger charge is -2.37. The Kier molecular flexibility index (Phi) is 2.81. The maximum atomic E-state index is 6.14. The van der Waals surface area contributed by atoms with Crippen LogP contribution in [0.25, 0.3) is 0 Å². The molecule has 1 rings (SSSR count). The Labute approximate surface area is 71.6 Å². The van der Waals surface area contributed by atoms with Gasteiger partial charge < -0.3 is 5.32 Å². The van der Waals surface area contributed by atoms with Gasteiger partial charge in [0.1, 0.15) is 5.00 Å². The van der Waals surface area contributed by atoms with Gasteiger partial charge >= 0.3 is 0 Å². The molecule has 0 unspecified atom stereocenters. The number of halogens is 2. The van der Waals surface area contributed by atoms with Gasteiger partial charge in [-0.3, -0.25) is 0 Å². The van der Waals surface area contributed by atoms with E-state index in [1.54, 1.807) is 4.42 Å². The lowest BCUT2D eigenvalue weighted by molar-refractivity contribution is 0.233. The Morgan fingerprint density at radius 3 is 2.80 bits per heavy atom. The molecule has 1 atom stereocenters. The summed E-state index contributed by atoms with van der Waals surface area (Å²) in [6.07, 6.45) is 0.866. The molecule has 0 aliphatic carbocycles. The number of nitrogens with zero attached hydrogens (tertiary/aromatic N) is 1. The van der Waals surface area contributed by atoms with Gasteiger partial charge in [0.25, 0.3) is 0 Å². The van der Waals surface area contributed by atoms with Gasteiger partial charge in [-0.15, -0.1) is 0 Å².